The number of carbonyl (C=O) groups excluding carboxylic acids is 1. The molecule has 1 amide bonds. The Morgan fingerprint density at radius 3 is 3.07 bits per heavy atom. The van der Waals surface area contributed by atoms with E-state index in [9.17, 15) is 4.79 Å². The second-order valence-corrected chi connectivity index (χ2v) is 3.90. The zero-order valence-corrected chi connectivity index (χ0v) is 8.24. The van der Waals surface area contributed by atoms with Crippen molar-refractivity contribution in [3.8, 4) is 0 Å². The molecule has 2 atom stereocenters. The molecule has 3 N–H and O–H groups in total. The van der Waals surface area contributed by atoms with E-state index in [1.54, 1.807) is 0 Å². The molecule has 2 saturated heterocycles. The zero-order valence-electron chi connectivity index (χ0n) is 8.24. The number of nitrogens with two attached hydrogens (primary N) is 1. The Morgan fingerprint density at radius 1 is 1.57 bits per heavy atom. The fraction of sp³-hybridized carbons (Fsp3) is 0.889. The Kier molecular flexibility index (Phi) is 3.00. The van der Waals surface area contributed by atoms with Gasteiger partial charge in [-0.05, 0) is 13.0 Å². The summed E-state index contributed by atoms with van der Waals surface area (Å²) in [4.78, 5) is 13.3. The predicted octanol–water partition coefficient (Wildman–Crippen LogP) is -1.47. The maximum atomic E-state index is 11.0. The van der Waals surface area contributed by atoms with Crippen LogP contribution in [0.3, 0.4) is 0 Å². The summed E-state index contributed by atoms with van der Waals surface area (Å²) in [5, 5.41) is 3.32. The minimum atomic E-state index is -0.413. The molecule has 0 aromatic heterocycles. The van der Waals surface area contributed by atoms with Crippen LogP contribution in [0.2, 0.25) is 0 Å². The maximum absolute atomic E-state index is 11.0. The normalized spacial score (nSPS) is 34.6. The van der Waals surface area contributed by atoms with E-state index in [4.69, 9.17) is 10.5 Å². The third kappa shape index (κ3) is 2.05. The van der Waals surface area contributed by atoms with Gasteiger partial charge in [-0.2, -0.15) is 0 Å². The SMILES string of the molecule is NC(=O)C1CN([C@@H]2CCNC2)CCO1. The number of amides is 1. The Bertz CT molecular complexity index is 216. The predicted molar refractivity (Wildman–Crippen MR) is 51.8 cm³/mol. The van der Waals surface area contributed by atoms with Crippen LogP contribution < -0.4 is 11.1 Å². The third-order valence-electron chi connectivity index (χ3n) is 2.97. The van der Waals surface area contributed by atoms with Crippen molar-refractivity contribution in [1.82, 2.24) is 10.2 Å². The van der Waals surface area contributed by atoms with Gasteiger partial charge in [0.15, 0.2) is 0 Å². The van der Waals surface area contributed by atoms with E-state index in [-0.39, 0.29) is 5.91 Å². The number of ether oxygens (including phenoxy) is 1. The van der Waals surface area contributed by atoms with E-state index in [1.165, 1.54) is 0 Å². The molecule has 14 heavy (non-hydrogen) atoms. The highest BCUT2D eigenvalue weighted by Crippen LogP contribution is 2.13. The largest absolute Gasteiger partial charge is 0.367 e. The fourth-order valence-electron chi connectivity index (χ4n) is 2.12. The van der Waals surface area contributed by atoms with Gasteiger partial charge in [0, 0.05) is 25.7 Å². The van der Waals surface area contributed by atoms with Crippen LogP contribution in [0.5, 0.6) is 0 Å². The Hall–Kier alpha value is -0.650. The lowest BCUT2D eigenvalue weighted by Gasteiger charge is -2.35. The van der Waals surface area contributed by atoms with Crippen LogP contribution in [-0.2, 0) is 9.53 Å². The molecule has 1 unspecified atom stereocenters. The third-order valence-corrected chi connectivity index (χ3v) is 2.97. The van der Waals surface area contributed by atoms with Gasteiger partial charge >= 0.3 is 0 Å². The zero-order chi connectivity index (χ0) is 9.97. The van der Waals surface area contributed by atoms with Crippen LogP contribution in [0.25, 0.3) is 0 Å². The van der Waals surface area contributed by atoms with Crippen molar-refractivity contribution >= 4 is 5.91 Å². The van der Waals surface area contributed by atoms with Crippen LogP contribution in [-0.4, -0.2) is 55.7 Å². The number of carbonyl (C=O) groups is 1. The van der Waals surface area contributed by atoms with Gasteiger partial charge in [-0.3, -0.25) is 9.69 Å². The molecule has 2 rings (SSSR count). The summed E-state index contributed by atoms with van der Waals surface area (Å²) in [5.41, 5.74) is 5.22. The molecule has 0 saturated carbocycles. The number of hydrogen-bond acceptors (Lipinski definition) is 4. The number of rotatable bonds is 2. The molecule has 2 heterocycles. The van der Waals surface area contributed by atoms with Crippen molar-refractivity contribution < 1.29 is 9.53 Å². The lowest BCUT2D eigenvalue weighted by molar-refractivity contribution is -0.136. The average Bonchev–Trinajstić information content (AvgIpc) is 2.71. The topological polar surface area (TPSA) is 67.6 Å². The second kappa shape index (κ2) is 4.25. The Balaban J connectivity index is 1.89. The molecule has 2 aliphatic heterocycles. The molecule has 0 radical (unpaired) electrons. The summed E-state index contributed by atoms with van der Waals surface area (Å²) < 4.78 is 5.29. The summed E-state index contributed by atoms with van der Waals surface area (Å²) >= 11 is 0. The van der Waals surface area contributed by atoms with Crippen LogP contribution in [0.4, 0.5) is 0 Å². The van der Waals surface area contributed by atoms with Crippen LogP contribution in [0.15, 0.2) is 0 Å². The fourth-order valence-corrected chi connectivity index (χ4v) is 2.12. The Morgan fingerprint density at radius 2 is 2.43 bits per heavy atom. The lowest BCUT2D eigenvalue weighted by atomic mass is 10.1. The van der Waals surface area contributed by atoms with Gasteiger partial charge in [-0.15, -0.1) is 0 Å². The van der Waals surface area contributed by atoms with E-state index in [0.29, 0.717) is 19.2 Å². The molecule has 0 aromatic carbocycles. The Labute approximate surface area is 83.6 Å². The summed E-state index contributed by atoms with van der Waals surface area (Å²) in [5.74, 6) is -0.347. The van der Waals surface area contributed by atoms with Crippen LogP contribution in [0.1, 0.15) is 6.42 Å². The summed E-state index contributed by atoms with van der Waals surface area (Å²) in [6.45, 7) is 4.27. The van der Waals surface area contributed by atoms with Crippen molar-refractivity contribution in [3.63, 3.8) is 0 Å². The second-order valence-electron chi connectivity index (χ2n) is 3.90. The number of nitrogens with one attached hydrogen (secondary N) is 1. The molecule has 2 aliphatic rings. The number of nitrogens with zero attached hydrogens (tertiary/aromatic N) is 1. The van der Waals surface area contributed by atoms with E-state index < -0.39 is 6.10 Å². The monoisotopic (exact) mass is 199 g/mol. The first-order valence-corrected chi connectivity index (χ1v) is 5.13. The molecule has 0 aromatic rings. The van der Waals surface area contributed by atoms with Crippen molar-refractivity contribution in [2.75, 3.05) is 32.8 Å². The first kappa shape index (κ1) is 9.89. The van der Waals surface area contributed by atoms with Gasteiger partial charge < -0.3 is 15.8 Å². The van der Waals surface area contributed by atoms with Crippen molar-refractivity contribution in [1.29, 1.82) is 0 Å². The minimum absolute atomic E-state index is 0.347. The van der Waals surface area contributed by atoms with Gasteiger partial charge in [-0.25, -0.2) is 0 Å². The maximum Gasteiger partial charge on any atom is 0.247 e. The van der Waals surface area contributed by atoms with Crippen LogP contribution in [0, 0.1) is 0 Å². The van der Waals surface area contributed by atoms with Gasteiger partial charge in [0.25, 0.3) is 0 Å². The van der Waals surface area contributed by atoms with E-state index in [2.05, 4.69) is 10.2 Å². The van der Waals surface area contributed by atoms with Crippen molar-refractivity contribution in [2.45, 2.75) is 18.6 Å². The molecular formula is C9H17N3O2. The molecule has 2 fully saturated rings. The first-order valence-electron chi connectivity index (χ1n) is 5.13. The first-order chi connectivity index (χ1) is 6.77. The van der Waals surface area contributed by atoms with E-state index in [0.717, 1.165) is 26.1 Å². The molecule has 5 nitrogen and oxygen atoms in total. The molecular weight excluding hydrogens is 182 g/mol. The smallest absolute Gasteiger partial charge is 0.247 e. The highest BCUT2D eigenvalue weighted by molar-refractivity contribution is 5.79. The highest BCUT2D eigenvalue weighted by atomic mass is 16.5. The summed E-state index contributed by atoms with van der Waals surface area (Å²) in [6.07, 6.45) is 0.746. The molecule has 80 valence electrons. The number of primary amides is 1. The van der Waals surface area contributed by atoms with Crippen LogP contribution >= 0.6 is 0 Å². The molecule has 0 bridgehead atoms. The highest BCUT2D eigenvalue weighted by Gasteiger charge is 2.30. The quantitative estimate of drug-likeness (QED) is 0.570. The van der Waals surface area contributed by atoms with Crippen molar-refractivity contribution in [2.24, 2.45) is 5.73 Å². The number of morpholine rings is 1. The van der Waals surface area contributed by atoms with Gasteiger partial charge in [0.2, 0.25) is 5.91 Å². The van der Waals surface area contributed by atoms with E-state index >= 15 is 0 Å². The van der Waals surface area contributed by atoms with Gasteiger partial charge in [-0.1, -0.05) is 0 Å². The van der Waals surface area contributed by atoms with E-state index in [1.807, 2.05) is 0 Å². The summed E-state index contributed by atoms with van der Waals surface area (Å²) in [6, 6.07) is 0.556. The van der Waals surface area contributed by atoms with Gasteiger partial charge in [0.05, 0.1) is 6.61 Å². The minimum Gasteiger partial charge on any atom is -0.367 e. The number of hydrogen-bond donors (Lipinski definition) is 2. The molecule has 5 heteroatoms. The molecule has 0 aliphatic carbocycles. The standard InChI is InChI=1S/C9H17N3O2/c10-9(13)8-6-12(3-4-14-8)7-1-2-11-5-7/h7-8,11H,1-6H2,(H2,10,13)/t7-,8?/m1/s1. The summed E-state index contributed by atoms with van der Waals surface area (Å²) in [7, 11) is 0. The van der Waals surface area contributed by atoms with Crippen molar-refractivity contribution in [3.05, 3.63) is 0 Å². The molecule has 0 spiro atoms. The average molecular weight is 199 g/mol. The van der Waals surface area contributed by atoms with Gasteiger partial charge in [0.1, 0.15) is 6.10 Å². The lowest BCUT2D eigenvalue weighted by Crippen LogP contribution is -2.52.